The van der Waals surface area contributed by atoms with Crippen LogP contribution in [0.4, 0.5) is 0 Å². The number of thioether (sulfide) groups is 1. The molecule has 2 heterocycles. The first-order valence-electron chi connectivity index (χ1n) is 5.79. The Hall–Kier alpha value is -1.59. The monoisotopic (exact) mass is 288 g/mol. The molecule has 3 nitrogen and oxygen atoms in total. The quantitative estimate of drug-likeness (QED) is 0.664. The topological polar surface area (TPSA) is 35.0 Å². The largest absolute Gasteiger partial charge is 0.438 e. The van der Waals surface area contributed by atoms with Gasteiger partial charge in [-0.2, -0.15) is 0 Å². The predicted molar refractivity (Wildman–Crippen MR) is 80.4 cm³/mol. The highest BCUT2D eigenvalue weighted by molar-refractivity contribution is 7.98. The summed E-state index contributed by atoms with van der Waals surface area (Å²) in [6.45, 7) is 2.06. The summed E-state index contributed by atoms with van der Waals surface area (Å²) in [4.78, 5) is 11.9. The van der Waals surface area contributed by atoms with E-state index in [0.717, 1.165) is 16.0 Å². The summed E-state index contributed by atoms with van der Waals surface area (Å²) >= 11 is 3.36. The van der Waals surface area contributed by atoms with E-state index in [4.69, 9.17) is 4.74 Å². The summed E-state index contributed by atoms with van der Waals surface area (Å²) in [6, 6.07) is 10.1. The predicted octanol–water partition coefficient (Wildman–Crippen LogP) is 4.51. The maximum atomic E-state index is 5.85. The van der Waals surface area contributed by atoms with Crippen molar-refractivity contribution in [1.82, 2.24) is 9.97 Å². The number of hydrogen-bond donors (Lipinski definition) is 0. The maximum absolute atomic E-state index is 5.85. The van der Waals surface area contributed by atoms with Crippen LogP contribution in [0.25, 0.3) is 10.2 Å². The summed E-state index contributed by atoms with van der Waals surface area (Å²) < 4.78 is 5.85. The van der Waals surface area contributed by atoms with Gasteiger partial charge in [-0.05, 0) is 43.5 Å². The van der Waals surface area contributed by atoms with E-state index < -0.39 is 0 Å². The molecule has 0 bridgehead atoms. The fourth-order valence-electron chi connectivity index (χ4n) is 1.79. The van der Waals surface area contributed by atoms with E-state index in [1.165, 1.54) is 9.77 Å². The number of benzene rings is 1. The van der Waals surface area contributed by atoms with Crippen molar-refractivity contribution in [3.8, 4) is 11.6 Å². The molecule has 1 aromatic carbocycles. The summed E-state index contributed by atoms with van der Waals surface area (Å²) in [5.74, 6) is 1.41. The van der Waals surface area contributed by atoms with Crippen LogP contribution >= 0.6 is 23.1 Å². The molecule has 0 fully saturated rings. The highest BCUT2D eigenvalue weighted by atomic mass is 32.2. The van der Waals surface area contributed by atoms with Crippen LogP contribution in [0, 0.1) is 6.92 Å². The lowest BCUT2D eigenvalue weighted by Crippen LogP contribution is -1.89. The molecule has 96 valence electrons. The Morgan fingerprint density at radius 3 is 2.68 bits per heavy atom. The summed E-state index contributed by atoms with van der Waals surface area (Å²) in [5, 5.41) is 0.971. The molecular weight excluding hydrogens is 276 g/mol. The van der Waals surface area contributed by atoms with Crippen molar-refractivity contribution in [1.29, 1.82) is 0 Å². The summed E-state index contributed by atoms with van der Waals surface area (Å²) in [5.41, 5.74) is 0. The van der Waals surface area contributed by atoms with Gasteiger partial charge in [-0.25, -0.2) is 9.97 Å². The number of thiophene rings is 1. The molecule has 0 radical (unpaired) electrons. The van der Waals surface area contributed by atoms with Crippen LogP contribution in [0.1, 0.15) is 4.88 Å². The van der Waals surface area contributed by atoms with Gasteiger partial charge in [0.25, 0.3) is 0 Å². The highest BCUT2D eigenvalue weighted by Gasteiger charge is 2.08. The second kappa shape index (κ2) is 5.19. The van der Waals surface area contributed by atoms with E-state index >= 15 is 0 Å². The van der Waals surface area contributed by atoms with Crippen LogP contribution in [0.3, 0.4) is 0 Å². The minimum atomic E-state index is 0.617. The zero-order chi connectivity index (χ0) is 13.2. The summed E-state index contributed by atoms with van der Waals surface area (Å²) in [6.07, 6.45) is 3.60. The van der Waals surface area contributed by atoms with Gasteiger partial charge >= 0.3 is 0 Å². The van der Waals surface area contributed by atoms with E-state index in [2.05, 4.69) is 29.2 Å². The molecule has 0 aliphatic rings. The number of aryl methyl sites for hydroxylation is 1. The molecule has 3 aromatic rings. The molecule has 3 rings (SSSR count). The van der Waals surface area contributed by atoms with Crippen LogP contribution in [0.2, 0.25) is 0 Å². The number of rotatable bonds is 3. The van der Waals surface area contributed by atoms with Crippen LogP contribution in [0.15, 0.2) is 41.6 Å². The average Bonchev–Trinajstić information content (AvgIpc) is 2.81. The number of ether oxygens (including phenoxy) is 1. The van der Waals surface area contributed by atoms with Crippen LogP contribution in [-0.2, 0) is 0 Å². The van der Waals surface area contributed by atoms with Gasteiger partial charge in [0, 0.05) is 9.77 Å². The molecule has 0 N–H and O–H groups in total. The van der Waals surface area contributed by atoms with Crippen molar-refractivity contribution in [3.63, 3.8) is 0 Å². The Morgan fingerprint density at radius 2 is 1.95 bits per heavy atom. The molecule has 0 saturated heterocycles. The smallest absolute Gasteiger partial charge is 0.231 e. The zero-order valence-electron chi connectivity index (χ0n) is 10.6. The fraction of sp³-hybridized carbons (Fsp3) is 0.143. The van der Waals surface area contributed by atoms with Gasteiger partial charge in [0.05, 0.1) is 5.39 Å². The second-order valence-electron chi connectivity index (χ2n) is 4.03. The third-order valence-electron chi connectivity index (χ3n) is 2.69. The number of fused-ring (bicyclic) bond motifs is 1. The Labute approximate surface area is 119 Å². The lowest BCUT2D eigenvalue weighted by atomic mass is 10.3. The first-order chi connectivity index (χ1) is 9.26. The normalized spacial score (nSPS) is 10.8. The highest BCUT2D eigenvalue weighted by Crippen LogP contribution is 2.32. The molecule has 5 heteroatoms. The van der Waals surface area contributed by atoms with Gasteiger partial charge in [0.2, 0.25) is 5.88 Å². The van der Waals surface area contributed by atoms with E-state index in [0.29, 0.717) is 5.88 Å². The molecule has 0 saturated carbocycles. The van der Waals surface area contributed by atoms with Crippen molar-refractivity contribution in [2.24, 2.45) is 0 Å². The van der Waals surface area contributed by atoms with Gasteiger partial charge < -0.3 is 4.74 Å². The van der Waals surface area contributed by atoms with E-state index in [9.17, 15) is 0 Å². The van der Waals surface area contributed by atoms with Crippen LogP contribution in [-0.4, -0.2) is 16.2 Å². The van der Waals surface area contributed by atoms with Gasteiger partial charge in [-0.3, -0.25) is 0 Å². The second-order valence-corrected chi connectivity index (χ2v) is 6.15. The Balaban J connectivity index is 1.95. The van der Waals surface area contributed by atoms with Gasteiger partial charge in [-0.15, -0.1) is 23.1 Å². The molecule has 0 unspecified atom stereocenters. The lowest BCUT2D eigenvalue weighted by molar-refractivity contribution is 0.468. The zero-order valence-corrected chi connectivity index (χ0v) is 12.2. The van der Waals surface area contributed by atoms with E-state index in [1.807, 2.05) is 24.3 Å². The SMILES string of the molecule is CSc1ccc(Oc2ncnc3sc(C)cc23)cc1. The minimum Gasteiger partial charge on any atom is -0.438 e. The van der Waals surface area contributed by atoms with Crippen molar-refractivity contribution in [2.75, 3.05) is 6.26 Å². The third-order valence-corrected chi connectivity index (χ3v) is 4.39. The Morgan fingerprint density at radius 1 is 1.16 bits per heavy atom. The fourth-order valence-corrected chi connectivity index (χ4v) is 3.04. The number of hydrogen-bond acceptors (Lipinski definition) is 5. The molecule has 0 spiro atoms. The Bertz CT molecular complexity index is 707. The van der Waals surface area contributed by atoms with Gasteiger partial charge in [0.15, 0.2) is 0 Å². The van der Waals surface area contributed by atoms with Crippen molar-refractivity contribution in [2.45, 2.75) is 11.8 Å². The van der Waals surface area contributed by atoms with Crippen molar-refractivity contribution in [3.05, 3.63) is 41.5 Å². The molecule has 0 amide bonds. The van der Waals surface area contributed by atoms with Crippen molar-refractivity contribution < 1.29 is 4.74 Å². The average molecular weight is 288 g/mol. The molecule has 2 aromatic heterocycles. The first-order valence-corrected chi connectivity index (χ1v) is 7.83. The van der Waals surface area contributed by atoms with Crippen molar-refractivity contribution >= 4 is 33.3 Å². The maximum Gasteiger partial charge on any atom is 0.231 e. The third kappa shape index (κ3) is 2.57. The molecule has 0 aliphatic carbocycles. The molecule has 19 heavy (non-hydrogen) atoms. The lowest BCUT2D eigenvalue weighted by Gasteiger charge is -2.05. The number of aromatic nitrogens is 2. The molecule has 0 aliphatic heterocycles. The van der Waals surface area contributed by atoms with Crippen LogP contribution in [0.5, 0.6) is 11.6 Å². The molecule has 0 atom stereocenters. The minimum absolute atomic E-state index is 0.617. The van der Waals surface area contributed by atoms with E-state index in [1.54, 1.807) is 29.4 Å². The standard InChI is InChI=1S/C14H12N2OS2/c1-9-7-12-13(15-8-16-14(12)19-9)17-10-3-5-11(18-2)6-4-10/h3-8H,1-2H3. The number of nitrogens with zero attached hydrogens (tertiary/aromatic N) is 2. The Kier molecular flexibility index (Phi) is 3.40. The van der Waals surface area contributed by atoms with Gasteiger partial charge in [-0.1, -0.05) is 0 Å². The van der Waals surface area contributed by atoms with E-state index in [-0.39, 0.29) is 0 Å². The van der Waals surface area contributed by atoms with Crippen LogP contribution < -0.4 is 4.74 Å². The van der Waals surface area contributed by atoms with Gasteiger partial charge in [0.1, 0.15) is 16.9 Å². The summed E-state index contributed by atoms with van der Waals surface area (Å²) in [7, 11) is 0. The molecular formula is C14H12N2OS2. The first kappa shape index (κ1) is 12.4.